The lowest BCUT2D eigenvalue weighted by atomic mass is 10.2. The van der Waals surface area contributed by atoms with Crippen LogP contribution in [-0.4, -0.2) is 23.6 Å². The maximum Gasteiger partial charge on any atom is 0.275 e. The fourth-order valence-electron chi connectivity index (χ4n) is 2.66. The third-order valence-corrected chi connectivity index (χ3v) is 3.58. The van der Waals surface area contributed by atoms with Crippen LogP contribution in [0.4, 0.5) is 11.4 Å². The minimum atomic E-state index is -0.0316. The predicted molar refractivity (Wildman–Crippen MR) is 82.7 cm³/mol. The number of nitrogens with two attached hydrogens (primary N) is 1. The minimum Gasteiger partial charge on any atom is -0.490 e. The van der Waals surface area contributed by atoms with Crippen molar-refractivity contribution in [3.63, 3.8) is 0 Å². The van der Waals surface area contributed by atoms with E-state index in [0.717, 1.165) is 24.4 Å². The molecule has 2 N–H and O–H groups in total. The quantitative estimate of drug-likeness (QED) is 0.942. The zero-order valence-corrected chi connectivity index (χ0v) is 12.1. The molecule has 2 aromatic rings. The number of aryl methyl sites for hydroxylation is 1. The Hall–Kier alpha value is -2.43. The number of ether oxygens (including phenoxy) is 1. The Morgan fingerprint density at radius 1 is 1.38 bits per heavy atom. The highest BCUT2D eigenvalue weighted by atomic mass is 16.5. The van der Waals surface area contributed by atoms with Crippen molar-refractivity contribution in [1.82, 2.24) is 4.57 Å². The number of carbonyl (C=O) groups is 1. The van der Waals surface area contributed by atoms with E-state index >= 15 is 0 Å². The molecule has 1 aliphatic heterocycles. The van der Waals surface area contributed by atoms with E-state index in [9.17, 15) is 4.79 Å². The highest BCUT2D eigenvalue weighted by Crippen LogP contribution is 2.32. The highest BCUT2D eigenvalue weighted by molar-refractivity contribution is 6.06. The van der Waals surface area contributed by atoms with Gasteiger partial charge in [-0.2, -0.15) is 0 Å². The number of rotatable bonds is 3. The molecule has 1 aliphatic rings. The average Bonchev–Trinajstić information content (AvgIpc) is 2.87. The van der Waals surface area contributed by atoms with E-state index in [4.69, 9.17) is 10.5 Å². The van der Waals surface area contributed by atoms with Crippen LogP contribution in [0.25, 0.3) is 0 Å². The van der Waals surface area contributed by atoms with Crippen molar-refractivity contribution in [2.24, 2.45) is 0 Å². The molecule has 0 saturated carbocycles. The number of nitrogens with zero attached hydrogens (tertiary/aromatic N) is 2. The molecule has 0 spiro atoms. The van der Waals surface area contributed by atoms with Gasteiger partial charge < -0.3 is 19.9 Å². The molecule has 1 aromatic heterocycles. The first-order valence-electron chi connectivity index (χ1n) is 7.20. The van der Waals surface area contributed by atoms with Gasteiger partial charge in [-0.05, 0) is 24.6 Å². The Morgan fingerprint density at radius 2 is 2.19 bits per heavy atom. The monoisotopic (exact) mass is 285 g/mol. The molecule has 1 amide bonds. The number of hydrogen-bond donors (Lipinski definition) is 1. The van der Waals surface area contributed by atoms with Gasteiger partial charge in [0.15, 0.2) is 0 Å². The fraction of sp³-hybridized carbons (Fsp3) is 0.312. The molecule has 0 unspecified atom stereocenters. The number of hydrogen-bond acceptors (Lipinski definition) is 3. The number of para-hydroxylation sites is 2. The number of benzene rings is 1. The molecule has 1 aromatic carbocycles. The van der Waals surface area contributed by atoms with Crippen LogP contribution >= 0.6 is 0 Å². The topological polar surface area (TPSA) is 60.5 Å². The molecule has 2 heterocycles. The second-order valence-electron chi connectivity index (χ2n) is 5.13. The summed E-state index contributed by atoms with van der Waals surface area (Å²) in [6.45, 7) is 3.92. The number of anilines is 2. The van der Waals surface area contributed by atoms with E-state index in [-0.39, 0.29) is 5.91 Å². The molecule has 0 radical (unpaired) electrons. The molecule has 0 atom stereocenters. The Labute approximate surface area is 123 Å². The van der Waals surface area contributed by atoms with Crippen molar-refractivity contribution in [2.45, 2.75) is 19.9 Å². The van der Waals surface area contributed by atoms with E-state index in [1.54, 1.807) is 11.0 Å². The number of carbonyl (C=O) groups excluding carboxylic acids is 1. The standard InChI is InChI=1S/C16H19N3O2/c1-2-7-18-11-12(17)10-14(18)16(20)19-8-9-21-15-6-4-3-5-13(15)19/h3-6,10-11H,2,7-9,17H2,1H3. The number of amides is 1. The SMILES string of the molecule is CCCn1cc(N)cc1C(=O)N1CCOc2ccccc21. The summed E-state index contributed by atoms with van der Waals surface area (Å²) in [5.41, 5.74) is 7.92. The summed E-state index contributed by atoms with van der Waals surface area (Å²) in [7, 11) is 0. The lowest BCUT2D eigenvalue weighted by Crippen LogP contribution is -2.38. The Morgan fingerprint density at radius 3 is 3.00 bits per heavy atom. The average molecular weight is 285 g/mol. The van der Waals surface area contributed by atoms with Crippen LogP contribution in [0.3, 0.4) is 0 Å². The molecule has 0 fully saturated rings. The summed E-state index contributed by atoms with van der Waals surface area (Å²) in [4.78, 5) is 14.6. The maximum absolute atomic E-state index is 12.9. The van der Waals surface area contributed by atoms with Crippen LogP contribution in [0.15, 0.2) is 36.5 Å². The Balaban J connectivity index is 1.96. The zero-order valence-electron chi connectivity index (χ0n) is 12.1. The lowest BCUT2D eigenvalue weighted by Gasteiger charge is -2.29. The van der Waals surface area contributed by atoms with Gasteiger partial charge in [-0.3, -0.25) is 4.79 Å². The third kappa shape index (κ3) is 2.46. The molecule has 110 valence electrons. The molecular formula is C16H19N3O2. The molecule has 21 heavy (non-hydrogen) atoms. The lowest BCUT2D eigenvalue weighted by molar-refractivity contribution is 0.0967. The van der Waals surface area contributed by atoms with E-state index < -0.39 is 0 Å². The smallest absolute Gasteiger partial charge is 0.275 e. The summed E-state index contributed by atoms with van der Waals surface area (Å²) in [6.07, 6.45) is 2.77. The number of fused-ring (bicyclic) bond motifs is 1. The van der Waals surface area contributed by atoms with Crippen molar-refractivity contribution >= 4 is 17.3 Å². The van der Waals surface area contributed by atoms with Gasteiger partial charge >= 0.3 is 0 Å². The van der Waals surface area contributed by atoms with E-state index in [2.05, 4.69) is 6.92 Å². The second kappa shape index (κ2) is 5.52. The van der Waals surface area contributed by atoms with E-state index in [1.807, 2.05) is 35.0 Å². The summed E-state index contributed by atoms with van der Waals surface area (Å²) < 4.78 is 7.52. The van der Waals surface area contributed by atoms with Crippen molar-refractivity contribution in [2.75, 3.05) is 23.8 Å². The van der Waals surface area contributed by atoms with Gasteiger partial charge in [0.1, 0.15) is 18.1 Å². The first-order chi connectivity index (χ1) is 10.2. The molecule has 0 saturated heterocycles. The molecule has 0 aliphatic carbocycles. The summed E-state index contributed by atoms with van der Waals surface area (Å²) >= 11 is 0. The number of nitrogen functional groups attached to an aromatic ring is 1. The molecule has 0 bridgehead atoms. The van der Waals surface area contributed by atoms with Gasteiger partial charge in [0, 0.05) is 12.7 Å². The third-order valence-electron chi connectivity index (χ3n) is 3.58. The summed E-state index contributed by atoms with van der Waals surface area (Å²) in [5.74, 6) is 0.717. The van der Waals surface area contributed by atoms with Gasteiger partial charge in [-0.25, -0.2) is 0 Å². The first-order valence-corrected chi connectivity index (χ1v) is 7.20. The maximum atomic E-state index is 12.9. The van der Waals surface area contributed by atoms with Crippen molar-refractivity contribution < 1.29 is 9.53 Å². The van der Waals surface area contributed by atoms with Crippen molar-refractivity contribution in [3.8, 4) is 5.75 Å². The van der Waals surface area contributed by atoms with Crippen LogP contribution in [0.5, 0.6) is 5.75 Å². The van der Waals surface area contributed by atoms with Crippen LogP contribution in [0, 0.1) is 0 Å². The van der Waals surface area contributed by atoms with Crippen LogP contribution in [0.1, 0.15) is 23.8 Å². The summed E-state index contributed by atoms with van der Waals surface area (Å²) in [6, 6.07) is 9.35. The van der Waals surface area contributed by atoms with Crippen LogP contribution < -0.4 is 15.4 Å². The van der Waals surface area contributed by atoms with Crippen molar-refractivity contribution in [3.05, 3.63) is 42.2 Å². The van der Waals surface area contributed by atoms with Crippen molar-refractivity contribution in [1.29, 1.82) is 0 Å². The first kappa shape index (κ1) is 13.5. The van der Waals surface area contributed by atoms with Gasteiger partial charge in [-0.15, -0.1) is 0 Å². The zero-order chi connectivity index (χ0) is 14.8. The van der Waals surface area contributed by atoms with Gasteiger partial charge in [0.05, 0.1) is 17.9 Å². The largest absolute Gasteiger partial charge is 0.490 e. The highest BCUT2D eigenvalue weighted by Gasteiger charge is 2.26. The minimum absolute atomic E-state index is 0.0316. The normalized spacial score (nSPS) is 13.7. The predicted octanol–water partition coefficient (Wildman–Crippen LogP) is 2.52. The van der Waals surface area contributed by atoms with Gasteiger partial charge in [0.2, 0.25) is 0 Å². The Bertz CT molecular complexity index is 663. The van der Waals surface area contributed by atoms with E-state index in [0.29, 0.717) is 24.5 Å². The van der Waals surface area contributed by atoms with Crippen LogP contribution in [-0.2, 0) is 6.54 Å². The van der Waals surface area contributed by atoms with E-state index in [1.165, 1.54) is 0 Å². The molecule has 5 heteroatoms. The fourth-order valence-corrected chi connectivity index (χ4v) is 2.66. The number of aromatic nitrogens is 1. The molecular weight excluding hydrogens is 266 g/mol. The molecule has 5 nitrogen and oxygen atoms in total. The van der Waals surface area contributed by atoms with Gasteiger partial charge in [-0.1, -0.05) is 19.1 Å². The van der Waals surface area contributed by atoms with Gasteiger partial charge in [0.25, 0.3) is 5.91 Å². The molecule has 3 rings (SSSR count). The van der Waals surface area contributed by atoms with Crippen LogP contribution in [0.2, 0.25) is 0 Å². The second-order valence-corrected chi connectivity index (χ2v) is 5.13. The summed E-state index contributed by atoms with van der Waals surface area (Å²) in [5, 5.41) is 0. The Kier molecular flexibility index (Phi) is 3.56.